The fourth-order valence-corrected chi connectivity index (χ4v) is 89.4. The Balaban J connectivity index is 5.89. The summed E-state index contributed by atoms with van der Waals surface area (Å²) in [7, 11) is -6.26. The molecule has 0 aliphatic carbocycles. The molecule has 0 rings (SSSR count). The van der Waals surface area contributed by atoms with Crippen LogP contribution in [0.5, 0.6) is 0 Å². The third-order valence-corrected chi connectivity index (χ3v) is 55.2. The van der Waals surface area contributed by atoms with E-state index < -0.39 is 43.9 Å². The molecule has 0 fully saturated rings. The van der Waals surface area contributed by atoms with Crippen molar-refractivity contribution in [2.45, 2.75) is 78.6 Å². The van der Waals surface area contributed by atoms with Gasteiger partial charge in [-0.25, -0.2) is 0 Å². The molecule has 0 heterocycles. The van der Waals surface area contributed by atoms with Gasteiger partial charge in [0.05, 0.1) is 0 Å². The van der Waals surface area contributed by atoms with E-state index in [0.717, 1.165) is 0 Å². The first-order valence-electron chi connectivity index (χ1n) is 7.55. The average molecular weight is 521 g/mol. The van der Waals surface area contributed by atoms with Crippen LogP contribution in [0.2, 0.25) is 78.6 Å². The van der Waals surface area contributed by atoms with E-state index in [1.807, 2.05) is 0 Å². The second-order valence-corrected chi connectivity index (χ2v) is 41.9. The monoisotopic (exact) mass is 524 g/mol. The molecule has 0 unspecified atom stereocenters. The fraction of sp³-hybridized carbons (Fsp3) is 1.00. The van der Waals surface area contributed by atoms with Crippen LogP contribution in [-0.2, 0) is 0 Å². The Morgan fingerprint density at radius 3 is 0.750 bits per heavy atom. The van der Waals surface area contributed by atoms with Crippen molar-refractivity contribution in [3.63, 3.8) is 0 Å². The van der Waals surface area contributed by atoms with Crippen molar-refractivity contribution in [3.8, 4) is 0 Å². The number of nitrogens with zero attached hydrogens (tertiary/aromatic N) is 2. The van der Waals surface area contributed by atoms with Gasteiger partial charge in [-0.3, -0.25) is 0 Å². The van der Waals surface area contributed by atoms with Gasteiger partial charge in [-0.2, -0.15) is 0 Å². The molecular weight excluding hydrogens is 485 g/mol. The summed E-state index contributed by atoms with van der Waals surface area (Å²) in [6, 6.07) is 0. The van der Waals surface area contributed by atoms with Gasteiger partial charge < -0.3 is 0 Å². The molecule has 0 spiro atoms. The number of hydrogen-bond donors (Lipinski definition) is 0. The molecule has 120 valence electrons. The van der Waals surface area contributed by atoms with Gasteiger partial charge in [0.25, 0.3) is 0 Å². The van der Waals surface area contributed by atoms with Crippen molar-refractivity contribution < 1.29 is 0 Å². The summed E-state index contributed by atoms with van der Waals surface area (Å²) in [5, 5.41) is 0. The topological polar surface area (TPSA) is 6.48 Å². The molecule has 0 aromatic heterocycles. The van der Waals surface area contributed by atoms with Crippen LogP contribution in [0.1, 0.15) is 0 Å². The zero-order valence-corrected chi connectivity index (χ0v) is 24.2. The SMILES string of the molecule is C[Si](C)(C)[N]([Ge](=[Te])[N]([Si](C)(C)C)[Si](C)(C)C)[Si](C)(C)C. The first-order chi connectivity index (χ1) is 8.40. The second-order valence-electron chi connectivity index (χ2n) is 9.64. The Labute approximate surface area is 147 Å². The van der Waals surface area contributed by atoms with Crippen molar-refractivity contribution in [1.82, 2.24) is 6.38 Å². The van der Waals surface area contributed by atoms with Gasteiger partial charge in [0.2, 0.25) is 0 Å². The van der Waals surface area contributed by atoms with Gasteiger partial charge >= 0.3 is 148 Å². The molecule has 2 nitrogen and oxygen atoms in total. The molecule has 20 heavy (non-hydrogen) atoms. The van der Waals surface area contributed by atoms with Crippen LogP contribution in [0.25, 0.3) is 0 Å². The van der Waals surface area contributed by atoms with Crippen molar-refractivity contribution >= 4 is 63.3 Å². The number of hydrogen-bond acceptors (Lipinski definition) is 2. The number of rotatable bonds is 6. The van der Waals surface area contributed by atoms with Crippen LogP contribution in [0.15, 0.2) is 0 Å². The Morgan fingerprint density at radius 1 is 0.500 bits per heavy atom. The van der Waals surface area contributed by atoms with E-state index in [-0.39, 0.29) is 0 Å². The molecule has 0 radical (unpaired) electrons. The quantitative estimate of drug-likeness (QED) is 0.487. The first kappa shape index (κ1) is 21.8. The molecule has 0 amide bonds. The molecule has 0 N–H and O–H groups in total. The van der Waals surface area contributed by atoms with Crippen LogP contribution in [0.4, 0.5) is 0 Å². The maximum atomic E-state index is 3.15. The van der Waals surface area contributed by atoms with E-state index in [4.69, 9.17) is 0 Å². The van der Waals surface area contributed by atoms with E-state index in [1.165, 1.54) is 0 Å². The molecule has 0 aromatic carbocycles. The van der Waals surface area contributed by atoms with Crippen molar-refractivity contribution in [2.75, 3.05) is 0 Å². The molecule has 8 heteroatoms. The molecule has 0 saturated heterocycles. The van der Waals surface area contributed by atoms with E-state index in [1.54, 1.807) is 0 Å². The molecule has 0 aliphatic heterocycles. The molecule has 0 atom stereocenters. The van der Waals surface area contributed by atoms with Crippen molar-refractivity contribution in [2.24, 2.45) is 0 Å². The third kappa shape index (κ3) is 6.13. The predicted octanol–water partition coefficient (Wildman–Crippen LogP) is 4.08. The Kier molecular flexibility index (Phi) is 7.34. The van der Waals surface area contributed by atoms with Gasteiger partial charge in [0.1, 0.15) is 0 Å². The zero-order chi connectivity index (χ0) is 16.7. The van der Waals surface area contributed by atoms with Gasteiger partial charge in [-0.05, 0) is 0 Å². The van der Waals surface area contributed by atoms with Crippen LogP contribution in [-0.4, -0.2) is 69.6 Å². The van der Waals surface area contributed by atoms with Gasteiger partial charge in [0.15, 0.2) is 0 Å². The molecule has 0 aromatic rings. The maximum absolute atomic E-state index is 3.15. The third-order valence-electron chi connectivity index (χ3n) is 3.07. The molecule has 0 saturated carbocycles. The van der Waals surface area contributed by atoms with Crippen LogP contribution >= 0.6 is 0 Å². The summed E-state index contributed by atoms with van der Waals surface area (Å²) >= 11 is 2.57. The minimum atomic E-state index is -1.34. The zero-order valence-electron chi connectivity index (χ0n) is 15.8. The Morgan fingerprint density at radius 2 is 0.650 bits per heavy atom. The first-order valence-corrected chi connectivity index (χ1v) is 30.1. The summed E-state index contributed by atoms with van der Waals surface area (Å²) < 4.78 is 6.31. The average Bonchev–Trinajstić information content (AvgIpc) is 1.88. The van der Waals surface area contributed by atoms with Crippen molar-refractivity contribution in [3.05, 3.63) is 0 Å². The van der Waals surface area contributed by atoms with Crippen LogP contribution in [0.3, 0.4) is 0 Å². The normalized spacial score (nSPS) is 14.2. The molecule has 0 aliphatic rings. The summed E-state index contributed by atoms with van der Waals surface area (Å²) in [4.78, 5) is 0. The van der Waals surface area contributed by atoms with Crippen LogP contribution < -0.4 is 0 Å². The molecular formula is C12H36GeN2Si4Te. The van der Waals surface area contributed by atoms with Gasteiger partial charge in [-0.15, -0.1) is 0 Å². The van der Waals surface area contributed by atoms with E-state index in [2.05, 4.69) is 104 Å². The summed E-state index contributed by atoms with van der Waals surface area (Å²) in [5.41, 5.74) is 0. The Bertz CT molecular complexity index is 302. The fourth-order valence-electron chi connectivity index (χ4n) is 3.26. The minimum absolute atomic E-state index is 1.23. The summed E-state index contributed by atoms with van der Waals surface area (Å²) in [5.74, 6) is 0. The van der Waals surface area contributed by atoms with Gasteiger partial charge in [-0.1, -0.05) is 0 Å². The van der Waals surface area contributed by atoms with E-state index >= 15 is 0 Å². The second kappa shape index (κ2) is 6.73. The van der Waals surface area contributed by atoms with E-state index in [0.29, 0.717) is 0 Å². The van der Waals surface area contributed by atoms with Gasteiger partial charge in [0, 0.05) is 0 Å². The summed E-state index contributed by atoms with van der Waals surface area (Å²) in [6.07, 6.45) is 0. The summed E-state index contributed by atoms with van der Waals surface area (Å²) in [6.45, 7) is 30.8. The molecule has 0 bridgehead atoms. The predicted molar refractivity (Wildman–Crippen MR) is 109 cm³/mol. The van der Waals surface area contributed by atoms with E-state index in [9.17, 15) is 0 Å². The standard InChI is InChI=1S/C12H36GeN2Si4Te/c1-16(2,3)14(17(4,5)6)13(20)15(18(7,8)9)19(10,11)12/h1-12H3. The van der Waals surface area contributed by atoms with Crippen LogP contribution in [0, 0.1) is 0 Å². The Hall–Kier alpha value is 1.80. The van der Waals surface area contributed by atoms with Crippen molar-refractivity contribution in [1.29, 1.82) is 0 Å².